The number of carbonyl (C=O) groups excluding carboxylic acids is 1. The van der Waals surface area contributed by atoms with Crippen molar-refractivity contribution in [2.24, 2.45) is 17.8 Å². The molecular formula is C18H22FNO2. The maximum Gasteiger partial charge on any atom is 0.221 e. The molecule has 5 rings (SSSR count). The van der Waals surface area contributed by atoms with Crippen LogP contribution in [0, 0.1) is 23.6 Å². The zero-order valence-corrected chi connectivity index (χ0v) is 12.9. The third kappa shape index (κ3) is 2.49. The molecule has 0 radical (unpaired) electrons. The Bertz CT molecular complexity index is 578. The van der Waals surface area contributed by atoms with E-state index in [0.29, 0.717) is 5.75 Å². The van der Waals surface area contributed by atoms with E-state index in [9.17, 15) is 9.18 Å². The molecule has 4 fully saturated rings. The fourth-order valence-electron chi connectivity index (χ4n) is 5.26. The zero-order chi connectivity index (χ0) is 15.3. The van der Waals surface area contributed by atoms with Gasteiger partial charge >= 0.3 is 0 Å². The minimum absolute atomic E-state index is 0.0727. The summed E-state index contributed by atoms with van der Waals surface area (Å²) in [5, 5.41) is 2.49. The predicted octanol–water partition coefficient (Wildman–Crippen LogP) is 4.13. The lowest BCUT2D eigenvalue weighted by molar-refractivity contribution is -0.114. The summed E-state index contributed by atoms with van der Waals surface area (Å²) in [5.74, 6) is 2.29. The summed E-state index contributed by atoms with van der Waals surface area (Å²) < 4.78 is 20.4. The van der Waals surface area contributed by atoms with Crippen LogP contribution in [0.2, 0.25) is 0 Å². The first kappa shape index (κ1) is 14.0. The number of ether oxygens (including phenoxy) is 1. The Balaban J connectivity index is 1.54. The van der Waals surface area contributed by atoms with Crippen LogP contribution in [-0.2, 0) is 4.79 Å². The molecule has 1 amide bonds. The van der Waals surface area contributed by atoms with Crippen LogP contribution >= 0.6 is 0 Å². The maximum absolute atomic E-state index is 14.1. The second-order valence-corrected chi connectivity index (χ2v) is 7.53. The van der Waals surface area contributed by atoms with Crippen molar-refractivity contribution in [3.8, 4) is 5.75 Å². The lowest BCUT2D eigenvalue weighted by Gasteiger charge is -2.56. The summed E-state index contributed by atoms with van der Waals surface area (Å²) in [6.07, 6.45) is 7.44. The highest BCUT2D eigenvalue weighted by Gasteiger charge is 2.52. The highest BCUT2D eigenvalue weighted by Crippen LogP contribution is 2.57. The van der Waals surface area contributed by atoms with Gasteiger partial charge in [-0.1, -0.05) is 0 Å². The molecule has 118 valence electrons. The van der Waals surface area contributed by atoms with Gasteiger partial charge in [-0.2, -0.15) is 0 Å². The van der Waals surface area contributed by atoms with E-state index in [1.807, 2.05) is 0 Å². The molecule has 3 nitrogen and oxygen atoms in total. The van der Waals surface area contributed by atoms with E-state index in [4.69, 9.17) is 4.74 Å². The monoisotopic (exact) mass is 303 g/mol. The number of halogens is 1. The first-order chi connectivity index (χ1) is 10.5. The minimum atomic E-state index is -0.433. The molecule has 1 aromatic carbocycles. The average molecular weight is 303 g/mol. The van der Waals surface area contributed by atoms with Crippen molar-refractivity contribution in [2.75, 3.05) is 5.32 Å². The van der Waals surface area contributed by atoms with Gasteiger partial charge in [-0.05, 0) is 68.4 Å². The van der Waals surface area contributed by atoms with E-state index in [1.165, 1.54) is 32.3 Å². The van der Waals surface area contributed by atoms with Gasteiger partial charge in [0.2, 0.25) is 5.91 Å². The molecular weight excluding hydrogens is 281 g/mol. The van der Waals surface area contributed by atoms with E-state index < -0.39 is 5.82 Å². The standard InChI is InChI=1S/C18H22FNO2/c1-11(21)20-17-3-2-15(7-16(17)19)22-18-8-12-4-13(9-18)6-14(5-12)10-18/h2-3,7,12-14H,4-6,8-10H2,1H3,(H,20,21). The van der Waals surface area contributed by atoms with Gasteiger partial charge in [0.05, 0.1) is 5.69 Å². The third-order valence-electron chi connectivity index (χ3n) is 5.57. The lowest BCUT2D eigenvalue weighted by atomic mass is 9.54. The average Bonchev–Trinajstić information content (AvgIpc) is 2.39. The molecule has 0 atom stereocenters. The number of carbonyl (C=O) groups is 1. The molecule has 0 unspecified atom stereocenters. The summed E-state index contributed by atoms with van der Waals surface area (Å²) in [5.41, 5.74) is 0.141. The molecule has 22 heavy (non-hydrogen) atoms. The van der Waals surface area contributed by atoms with Gasteiger partial charge in [0, 0.05) is 13.0 Å². The molecule has 4 bridgehead atoms. The molecule has 4 aliphatic carbocycles. The number of benzene rings is 1. The Hall–Kier alpha value is -1.58. The number of amides is 1. The van der Waals surface area contributed by atoms with Gasteiger partial charge in [-0.25, -0.2) is 4.39 Å². The highest BCUT2D eigenvalue weighted by atomic mass is 19.1. The van der Waals surface area contributed by atoms with Gasteiger partial charge in [-0.15, -0.1) is 0 Å². The third-order valence-corrected chi connectivity index (χ3v) is 5.57. The molecule has 1 aromatic rings. The van der Waals surface area contributed by atoms with Gasteiger partial charge in [-0.3, -0.25) is 4.79 Å². The molecule has 1 N–H and O–H groups in total. The number of anilines is 1. The maximum atomic E-state index is 14.1. The SMILES string of the molecule is CC(=O)Nc1ccc(OC23CC4CC(CC(C4)C2)C3)cc1F. The van der Waals surface area contributed by atoms with Crippen molar-refractivity contribution >= 4 is 11.6 Å². The molecule has 0 aromatic heterocycles. The van der Waals surface area contributed by atoms with Crippen molar-refractivity contribution in [2.45, 2.75) is 51.0 Å². The van der Waals surface area contributed by atoms with Crippen molar-refractivity contribution in [3.05, 3.63) is 24.0 Å². The molecule has 4 heteroatoms. The lowest BCUT2D eigenvalue weighted by Crippen LogP contribution is -2.53. The van der Waals surface area contributed by atoms with Crippen LogP contribution in [0.4, 0.5) is 10.1 Å². The van der Waals surface area contributed by atoms with Crippen molar-refractivity contribution in [3.63, 3.8) is 0 Å². The Labute approximate surface area is 130 Å². The van der Waals surface area contributed by atoms with Gasteiger partial charge < -0.3 is 10.1 Å². The quantitative estimate of drug-likeness (QED) is 0.911. The number of rotatable bonds is 3. The summed E-state index contributed by atoms with van der Waals surface area (Å²) >= 11 is 0. The number of hydrogen-bond donors (Lipinski definition) is 1. The largest absolute Gasteiger partial charge is 0.487 e. The van der Waals surface area contributed by atoms with Crippen LogP contribution in [0.1, 0.15) is 45.4 Å². The fourth-order valence-corrected chi connectivity index (χ4v) is 5.26. The Morgan fingerprint density at radius 3 is 2.27 bits per heavy atom. The molecule has 4 saturated carbocycles. The van der Waals surface area contributed by atoms with Gasteiger partial charge in [0.1, 0.15) is 17.2 Å². The van der Waals surface area contributed by atoms with Crippen LogP contribution in [0.3, 0.4) is 0 Å². The summed E-state index contributed by atoms with van der Waals surface area (Å²) in [6, 6.07) is 4.77. The minimum Gasteiger partial charge on any atom is -0.487 e. The second-order valence-electron chi connectivity index (χ2n) is 7.53. The van der Waals surface area contributed by atoms with Crippen molar-refractivity contribution in [1.29, 1.82) is 0 Å². The Morgan fingerprint density at radius 2 is 1.77 bits per heavy atom. The zero-order valence-electron chi connectivity index (χ0n) is 12.9. The van der Waals surface area contributed by atoms with E-state index in [2.05, 4.69) is 5.32 Å². The molecule has 0 saturated heterocycles. The van der Waals surface area contributed by atoms with Gasteiger partial charge in [0.15, 0.2) is 0 Å². The smallest absolute Gasteiger partial charge is 0.221 e. The Kier molecular flexibility index (Phi) is 3.17. The predicted molar refractivity (Wildman–Crippen MR) is 82.2 cm³/mol. The number of nitrogens with one attached hydrogen (secondary N) is 1. The highest BCUT2D eigenvalue weighted by molar-refractivity contribution is 5.88. The first-order valence-electron chi connectivity index (χ1n) is 8.27. The van der Waals surface area contributed by atoms with E-state index in [0.717, 1.165) is 37.0 Å². The van der Waals surface area contributed by atoms with Gasteiger partial charge in [0.25, 0.3) is 0 Å². The second kappa shape index (κ2) is 4.97. The van der Waals surface area contributed by atoms with E-state index in [1.54, 1.807) is 12.1 Å². The van der Waals surface area contributed by atoms with Crippen LogP contribution in [0.15, 0.2) is 18.2 Å². The molecule has 0 spiro atoms. The summed E-state index contributed by atoms with van der Waals surface area (Å²) in [6.45, 7) is 1.37. The van der Waals surface area contributed by atoms with Crippen LogP contribution in [0.5, 0.6) is 5.75 Å². The van der Waals surface area contributed by atoms with E-state index in [-0.39, 0.29) is 17.2 Å². The van der Waals surface area contributed by atoms with Crippen molar-refractivity contribution in [1.82, 2.24) is 0 Å². The normalized spacial score (nSPS) is 35.5. The first-order valence-corrected chi connectivity index (χ1v) is 8.27. The van der Waals surface area contributed by atoms with E-state index >= 15 is 0 Å². The van der Waals surface area contributed by atoms with Crippen LogP contribution in [0.25, 0.3) is 0 Å². The van der Waals surface area contributed by atoms with Crippen molar-refractivity contribution < 1.29 is 13.9 Å². The molecule has 0 heterocycles. The van der Waals surface area contributed by atoms with Crippen LogP contribution in [-0.4, -0.2) is 11.5 Å². The molecule has 4 aliphatic rings. The summed E-state index contributed by atoms with van der Waals surface area (Å²) in [4.78, 5) is 11.0. The molecule has 0 aliphatic heterocycles. The van der Waals surface area contributed by atoms with Crippen LogP contribution < -0.4 is 10.1 Å². The topological polar surface area (TPSA) is 38.3 Å². The Morgan fingerprint density at radius 1 is 1.18 bits per heavy atom. The fraction of sp³-hybridized carbons (Fsp3) is 0.611. The summed E-state index contributed by atoms with van der Waals surface area (Å²) in [7, 11) is 0. The number of hydrogen-bond acceptors (Lipinski definition) is 2.